The minimum Gasteiger partial charge on any atom is -0.480 e. The van der Waals surface area contributed by atoms with Gasteiger partial charge in [-0.25, -0.2) is 4.79 Å². The van der Waals surface area contributed by atoms with Crippen molar-refractivity contribution < 1.29 is 38.7 Å². The Morgan fingerprint density at radius 1 is 0.638 bits per heavy atom. The first kappa shape index (κ1) is 48.1. The third-order valence-corrected chi connectivity index (χ3v) is 9.33. The van der Waals surface area contributed by atoms with Crippen molar-refractivity contribution in [3.05, 3.63) is 71.8 Å². The number of nitrogens with two attached hydrogens (primary N) is 4. The third kappa shape index (κ3) is 17.4. The number of hydrogen-bond acceptors (Lipinski definition) is 9. The van der Waals surface area contributed by atoms with Gasteiger partial charge in [0.05, 0.1) is 12.5 Å². The molecule has 0 saturated carbocycles. The zero-order valence-electron chi connectivity index (χ0n) is 33.6. The first-order valence-corrected chi connectivity index (χ1v) is 19.3. The van der Waals surface area contributed by atoms with Gasteiger partial charge in [-0.05, 0) is 42.2 Å². The second-order valence-corrected chi connectivity index (χ2v) is 14.7. The SMILES string of the molecule is CC[C@H](C)[C@H](N)C(=O)N[C@@H](Cc1ccccc1)C(=O)N[C@@H](CC(N)=O)C(=O)N[C@@H](Cc1ccccc1)C(=O)N[C@@H](CC(C)C)C(=O)N[C@@H](CCCN=C(N)N)C(=O)O. The summed E-state index contributed by atoms with van der Waals surface area (Å²) in [5, 5.41) is 22.7. The van der Waals surface area contributed by atoms with Gasteiger partial charge in [-0.15, -0.1) is 0 Å². The molecule has 0 aliphatic rings. The Kier molecular flexibility index (Phi) is 20.4. The molecule has 0 unspecified atom stereocenters. The Bertz CT molecular complexity index is 1710. The first-order chi connectivity index (χ1) is 27.4. The summed E-state index contributed by atoms with van der Waals surface area (Å²) in [4.78, 5) is 96.5. The van der Waals surface area contributed by atoms with Crippen LogP contribution in [-0.4, -0.2) is 95.3 Å². The third-order valence-electron chi connectivity index (χ3n) is 9.33. The number of nitrogens with zero attached hydrogens (tertiary/aromatic N) is 1. The number of hydrogen-bond donors (Lipinski definition) is 10. The van der Waals surface area contributed by atoms with Gasteiger partial charge < -0.3 is 54.6 Å². The average molecular weight is 809 g/mol. The number of primary amides is 1. The van der Waals surface area contributed by atoms with Crippen molar-refractivity contribution in [1.29, 1.82) is 0 Å². The fourth-order valence-corrected chi connectivity index (χ4v) is 5.86. The summed E-state index contributed by atoms with van der Waals surface area (Å²) in [7, 11) is 0. The number of carbonyl (C=O) groups excluding carboxylic acids is 6. The molecular weight excluding hydrogens is 749 g/mol. The van der Waals surface area contributed by atoms with Gasteiger partial charge in [0.2, 0.25) is 35.4 Å². The van der Waals surface area contributed by atoms with Crippen LogP contribution in [0.15, 0.2) is 65.7 Å². The monoisotopic (exact) mass is 808 g/mol. The van der Waals surface area contributed by atoms with E-state index < -0.39 is 84.1 Å². The Balaban J connectivity index is 2.39. The van der Waals surface area contributed by atoms with E-state index in [1.807, 2.05) is 20.8 Å². The fraction of sp³-hybridized carbons (Fsp3) is 0.500. The molecule has 18 heteroatoms. The molecule has 58 heavy (non-hydrogen) atoms. The topological polar surface area (TPSA) is 316 Å². The minimum atomic E-state index is -1.58. The summed E-state index contributed by atoms with van der Waals surface area (Å²) in [6, 6.07) is 9.86. The van der Waals surface area contributed by atoms with Gasteiger partial charge in [0.15, 0.2) is 5.96 Å². The van der Waals surface area contributed by atoms with Crippen molar-refractivity contribution in [2.45, 2.75) is 109 Å². The minimum absolute atomic E-state index is 0.000408. The van der Waals surface area contributed by atoms with Crippen LogP contribution < -0.4 is 49.5 Å². The lowest BCUT2D eigenvalue weighted by Crippen LogP contribution is -2.60. The number of carboxylic acid groups (broad SMARTS) is 1. The van der Waals surface area contributed by atoms with E-state index >= 15 is 0 Å². The van der Waals surface area contributed by atoms with Gasteiger partial charge in [-0.2, -0.15) is 0 Å². The summed E-state index contributed by atoms with van der Waals surface area (Å²) in [6.45, 7) is 7.43. The number of nitrogens with one attached hydrogen (secondary N) is 5. The van der Waals surface area contributed by atoms with Crippen molar-refractivity contribution in [3.63, 3.8) is 0 Å². The lowest BCUT2D eigenvalue weighted by molar-refractivity contribution is -0.142. The molecular formula is C40H60N10O8. The summed E-state index contributed by atoms with van der Waals surface area (Å²) in [6.07, 6.45) is 0.252. The molecule has 2 aromatic carbocycles. The molecule has 0 radical (unpaired) electrons. The number of amides is 6. The van der Waals surface area contributed by atoms with Crippen LogP contribution in [0.2, 0.25) is 0 Å². The molecule has 18 nitrogen and oxygen atoms in total. The molecule has 0 aliphatic heterocycles. The van der Waals surface area contributed by atoms with Gasteiger partial charge in [0, 0.05) is 19.4 Å². The number of carboxylic acids is 1. The Hall–Kier alpha value is -6.04. The van der Waals surface area contributed by atoms with Crippen LogP contribution in [0, 0.1) is 11.8 Å². The van der Waals surface area contributed by atoms with Crippen LogP contribution in [0.4, 0.5) is 0 Å². The highest BCUT2D eigenvalue weighted by molar-refractivity contribution is 5.98. The molecule has 0 aromatic heterocycles. The van der Waals surface area contributed by atoms with Gasteiger partial charge >= 0.3 is 5.97 Å². The second-order valence-electron chi connectivity index (χ2n) is 14.7. The number of aliphatic carboxylic acids is 1. The van der Waals surface area contributed by atoms with Crippen LogP contribution in [0.5, 0.6) is 0 Å². The molecule has 7 atom stereocenters. The molecule has 2 aromatic rings. The lowest BCUT2D eigenvalue weighted by atomic mass is 9.98. The predicted octanol–water partition coefficient (Wildman–Crippen LogP) is -0.671. The summed E-state index contributed by atoms with van der Waals surface area (Å²) in [5.41, 5.74) is 23.7. The van der Waals surface area contributed by atoms with Gasteiger partial charge in [0.25, 0.3) is 0 Å². The van der Waals surface area contributed by atoms with Crippen LogP contribution in [0.1, 0.15) is 70.9 Å². The Morgan fingerprint density at radius 3 is 1.52 bits per heavy atom. The molecule has 0 saturated heterocycles. The first-order valence-electron chi connectivity index (χ1n) is 19.3. The van der Waals surface area contributed by atoms with Crippen molar-refractivity contribution in [2.24, 2.45) is 39.8 Å². The molecule has 318 valence electrons. The second kappa shape index (κ2) is 24.6. The molecule has 2 rings (SSSR count). The van der Waals surface area contributed by atoms with Crippen molar-refractivity contribution in [2.75, 3.05) is 6.54 Å². The molecule has 0 bridgehead atoms. The van der Waals surface area contributed by atoms with E-state index in [2.05, 4.69) is 31.6 Å². The summed E-state index contributed by atoms with van der Waals surface area (Å²) >= 11 is 0. The number of guanidine groups is 1. The molecule has 6 amide bonds. The quantitative estimate of drug-likeness (QED) is 0.0341. The lowest BCUT2D eigenvalue weighted by Gasteiger charge is -2.28. The maximum Gasteiger partial charge on any atom is 0.326 e. The van der Waals surface area contributed by atoms with E-state index in [0.717, 1.165) is 0 Å². The van der Waals surface area contributed by atoms with E-state index in [1.165, 1.54) is 0 Å². The molecule has 0 heterocycles. The highest BCUT2D eigenvalue weighted by atomic mass is 16.4. The number of rotatable bonds is 25. The van der Waals surface area contributed by atoms with Crippen molar-refractivity contribution in [3.8, 4) is 0 Å². The highest BCUT2D eigenvalue weighted by Crippen LogP contribution is 2.12. The van der Waals surface area contributed by atoms with Gasteiger partial charge in [-0.1, -0.05) is 94.8 Å². The van der Waals surface area contributed by atoms with Crippen LogP contribution in [0.3, 0.4) is 0 Å². The molecule has 0 aliphatic carbocycles. The van der Waals surface area contributed by atoms with E-state index in [1.54, 1.807) is 67.6 Å². The van der Waals surface area contributed by atoms with E-state index in [0.29, 0.717) is 17.5 Å². The number of benzene rings is 2. The largest absolute Gasteiger partial charge is 0.480 e. The molecule has 14 N–H and O–H groups in total. The molecule has 0 fully saturated rings. The van der Waals surface area contributed by atoms with Crippen molar-refractivity contribution in [1.82, 2.24) is 26.6 Å². The van der Waals surface area contributed by atoms with Gasteiger partial charge in [-0.3, -0.25) is 33.8 Å². The zero-order chi connectivity index (χ0) is 43.4. The Morgan fingerprint density at radius 2 is 1.07 bits per heavy atom. The predicted molar refractivity (Wildman–Crippen MR) is 218 cm³/mol. The van der Waals surface area contributed by atoms with E-state index in [-0.39, 0.29) is 56.4 Å². The standard InChI is InChI=1S/C40H60N10O8/c1-5-24(4)33(42)38(56)50-30(21-26-15-10-7-11-16-26)36(54)49-31(22-32(41)51)37(55)48-29(20-25-13-8-6-9-14-25)35(53)47-28(19-23(2)3)34(52)46-27(39(57)58)17-12-18-45-40(43)44/h6-11,13-16,23-24,27-31,33H,5,12,17-22,42H2,1-4H3,(H2,41,51)(H,46,52)(H,47,53)(H,48,55)(H,49,54)(H,50,56)(H,57,58)(H4,43,44,45)/t24-,27-,28-,29-,30-,31-,33-/m0/s1. The maximum atomic E-state index is 14.0. The van der Waals surface area contributed by atoms with Crippen LogP contribution in [0.25, 0.3) is 0 Å². The normalized spacial score (nSPS) is 14.6. The Labute approximate surface area is 339 Å². The zero-order valence-corrected chi connectivity index (χ0v) is 33.6. The van der Waals surface area contributed by atoms with E-state index in [4.69, 9.17) is 22.9 Å². The fourth-order valence-electron chi connectivity index (χ4n) is 5.86. The van der Waals surface area contributed by atoms with Gasteiger partial charge in [0.1, 0.15) is 30.2 Å². The molecule has 0 spiro atoms. The van der Waals surface area contributed by atoms with E-state index in [9.17, 15) is 38.7 Å². The number of aliphatic imine (C=N–C) groups is 1. The summed E-state index contributed by atoms with van der Waals surface area (Å²) < 4.78 is 0. The van der Waals surface area contributed by atoms with Crippen LogP contribution in [-0.2, 0) is 46.4 Å². The van der Waals surface area contributed by atoms with Crippen molar-refractivity contribution >= 4 is 47.4 Å². The van der Waals surface area contributed by atoms with Crippen LogP contribution >= 0.6 is 0 Å². The highest BCUT2D eigenvalue weighted by Gasteiger charge is 2.34. The average Bonchev–Trinajstić information content (AvgIpc) is 3.17. The smallest absolute Gasteiger partial charge is 0.326 e. The summed E-state index contributed by atoms with van der Waals surface area (Å²) in [5.74, 6) is -6.62. The number of carbonyl (C=O) groups is 7. The maximum absolute atomic E-state index is 14.0.